The molecule has 0 aromatic heterocycles. The average Bonchev–Trinajstić information content (AvgIpc) is 2.65. The number of carbonyl (C=O) groups is 3. The number of hydrogen-bond donors (Lipinski definition) is 1. The summed E-state index contributed by atoms with van der Waals surface area (Å²) in [4.78, 5) is 38.3. The first-order valence-electron chi connectivity index (χ1n) is 8.53. The summed E-state index contributed by atoms with van der Waals surface area (Å²) < 4.78 is 10.7. The van der Waals surface area contributed by atoms with Crippen LogP contribution in [0.1, 0.15) is 12.5 Å². The lowest BCUT2D eigenvalue weighted by Gasteiger charge is -2.26. The average molecular weight is 435 g/mol. The fourth-order valence-corrected chi connectivity index (χ4v) is 3.29. The van der Waals surface area contributed by atoms with E-state index in [-0.39, 0.29) is 16.3 Å². The van der Waals surface area contributed by atoms with Gasteiger partial charge in [0, 0.05) is 5.02 Å². The number of rotatable bonds is 5. The summed E-state index contributed by atoms with van der Waals surface area (Å²) in [5, 5.41) is 2.74. The first-order chi connectivity index (χ1) is 13.8. The highest BCUT2D eigenvalue weighted by molar-refractivity contribution is 6.39. The van der Waals surface area contributed by atoms with Crippen LogP contribution in [0.4, 0.5) is 10.5 Å². The van der Waals surface area contributed by atoms with Crippen LogP contribution in [0, 0.1) is 0 Å². The van der Waals surface area contributed by atoms with Gasteiger partial charge in [-0.2, -0.15) is 0 Å². The molecule has 1 aliphatic rings. The van der Waals surface area contributed by atoms with Crippen molar-refractivity contribution in [3.05, 3.63) is 57.6 Å². The number of amides is 4. The highest BCUT2D eigenvalue weighted by Gasteiger charge is 2.37. The summed E-state index contributed by atoms with van der Waals surface area (Å²) in [6.45, 7) is 2.16. The molecule has 4 amide bonds. The minimum Gasteiger partial charge on any atom is -0.491 e. The standard InChI is InChI=1S/C20H16Cl2N2O5/c1-3-29-16-9-11(8-15(22)17(16)28-2)7-14-18(25)23-20(27)24(19(14)26)13-6-4-5-12(21)10-13/h4-10H,3H2,1-2H3,(H,23,25,27)/b14-7+. The number of nitrogens with one attached hydrogen (secondary N) is 1. The highest BCUT2D eigenvalue weighted by atomic mass is 35.5. The van der Waals surface area contributed by atoms with E-state index in [9.17, 15) is 14.4 Å². The monoisotopic (exact) mass is 434 g/mol. The quantitative estimate of drug-likeness (QED) is 0.566. The van der Waals surface area contributed by atoms with Crippen LogP contribution in [0.5, 0.6) is 11.5 Å². The Bertz CT molecular complexity index is 1040. The van der Waals surface area contributed by atoms with E-state index in [1.807, 2.05) is 0 Å². The van der Waals surface area contributed by atoms with Gasteiger partial charge < -0.3 is 9.47 Å². The van der Waals surface area contributed by atoms with E-state index in [0.717, 1.165) is 4.90 Å². The molecule has 1 N–H and O–H groups in total. The number of hydrogen-bond acceptors (Lipinski definition) is 5. The van der Waals surface area contributed by atoms with Gasteiger partial charge in [-0.05, 0) is 48.9 Å². The fraction of sp³-hybridized carbons (Fsp3) is 0.150. The Morgan fingerprint density at radius 3 is 2.55 bits per heavy atom. The highest BCUT2D eigenvalue weighted by Crippen LogP contribution is 2.37. The van der Waals surface area contributed by atoms with E-state index in [2.05, 4.69) is 5.32 Å². The van der Waals surface area contributed by atoms with Gasteiger partial charge in [-0.15, -0.1) is 0 Å². The summed E-state index contributed by atoms with van der Waals surface area (Å²) in [6, 6.07) is 8.43. The molecule has 0 bridgehead atoms. The van der Waals surface area contributed by atoms with Crippen LogP contribution < -0.4 is 19.7 Å². The number of carbonyl (C=O) groups excluding carboxylic acids is 3. The molecule has 0 saturated carbocycles. The van der Waals surface area contributed by atoms with Crippen molar-refractivity contribution in [1.29, 1.82) is 0 Å². The van der Waals surface area contributed by atoms with Gasteiger partial charge in [0.05, 0.1) is 24.4 Å². The van der Waals surface area contributed by atoms with Crippen LogP contribution in [0.2, 0.25) is 10.0 Å². The van der Waals surface area contributed by atoms with Crippen molar-refractivity contribution in [1.82, 2.24) is 5.32 Å². The number of halogens is 2. The molecular weight excluding hydrogens is 419 g/mol. The van der Waals surface area contributed by atoms with Gasteiger partial charge >= 0.3 is 6.03 Å². The van der Waals surface area contributed by atoms with E-state index >= 15 is 0 Å². The van der Waals surface area contributed by atoms with Gasteiger partial charge in [0.1, 0.15) is 5.57 Å². The topological polar surface area (TPSA) is 84.9 Å². The minimum absolute atomic E-state index is 0.237. The minimum atomic E-state index is -0.859. The number of anilines is 1. The van der Waals surface area contributed by atoms with Crippen LogP contribution in [0.15, 0.2) is 42.0 Å². The van der Waals surface area contributed by atoms with Gasteiger partial charge in [0.2, 0.25) is 0 Å². The summed E-state index contributed by atoms with van der Waals surface area (Å²) in [7, 11) is 1.45. The molecule has 0 atom stereocenters. The summed E-state index contributed by atoms with van der Waals surface area (Å²) in [5.41, 5.74) is 0.424. The third-order valence-corrected chi connectivity index (χ3v) is 4.53. The zero-order chi connectivity index (χ0) is 21.1. The van der Waals surface area contributed by atoms with Crippen molar-refractivity contribution >= 4 is 52.8 Å². The Morgan fingerprint density at radius 2 is 1.90 bits per heavy atom. The summed E-state index contributed by atoms with van der Waals surface area (Å²) in [6.07, 6.45) is 1.33. The van der Waals surface area contributed by atoms with Crippen LogP contribution in [-0.2, 0) is 9.59 Å². The normalized spacial score (nSPS) is 15.5. The fourth-order valence-electron chi connectivity index (χ4n) is 2.81. The van der Waals surface area contributed by atoms with Gasteiger partial charge in [0.25, 0.3) is 11.8 Å². The van der Waals surface area contributed by atoms with Crippen LogP contribution >= 0.6 is 23.2 Å². The Morgan fingerprint density at radius 1 is 1.14 bits per heavy atom. The number of benzene rings is 2. The molecule has 0 radical (unpaired) electrons. The lowest BCUT2D eigenvalue weighted by atomic mass is 10.1. The molecule has 7 nitrogen and oxygen atoms in total. The van der Waals surface area contributed by atoms with E-state index in [4.69, 9.17) is 32.7 Å². The third-order valence-electron chi connectivity index (χ3n) is 4.01. The Kier molecular flexibility index (Phi) is 6.10. The number of imide groups is 2. The zero-order valence-electron chi connectivity index (χ0n) is 15.5. The maximum atomic E-state index is 12.9. The molecule has 9 heteroatoms. The molecule has 29 heavy (non-hydrogen) atoms. The van der Waals surface area contributed by atoms with Gasteiger partial charge in [-0.3, -0.25) is 14.9 Å². The molecule has 1 heterocycles. The molecule has 150 valence electrons. The van der Waals surface area contributed by atoms with Crippen LogP contribution in [-0.4, -0.2) is 31.6 Å². The number of methoxy groups -OCH3 is 1. The molecule has 3 rings (SSSR count). The van der Waals surface area contributed by atoms with Crippen molar-refractivity contribution in [2.24, 2.45) is 0 Å². The molecule has 2 aromatic carbocycles. The molecule has 0 unspecified atom stereocenters. The molecule has 2 aromatic rings. The summed E-state index contributed by atoms with van der Waals surface area (Å²) >= 11 is 12.2. The number of urea groups is 1. The van der Waals surface area contributed by atoms with Gasteiger partial charge in [-0.1, -0.05) is 29.3 Å². The lowest BCUT2D eigenvalue weighted by Crippen LogP contribution is -2.54. The SMILES string of the molecule is CCOc1cc(/C=C2\C(=O)NC(=O)N(c3cccc(Cl)c3)C2=O)cc(Cl)c1OC. The summed E-state index contributed by atoms with van der Waals surface area (Å²) in [5.74, 6) is -0.902. The first kappa shape index (κ1) is 20.7. The van der Waals surface area contributed by atoms with Crippen molar-refractivity contribution in [3.8, 4) is 11.5 Å². The Hall–Kier alpha value is -3.03. The van der Waals surface area contributed by atoms with Gasteiger partial charge in [0.15, 0.2) is 11.5 Å². The number of barbiturate groups is 1. The smallest absolute Gasteiger partial charge is 0.335 e. The molecular formula is C20H16Cl2N2O5. The number of ether oxygens (including phenoxy) is 2. The second-order valence-electron chi connectivity index (χ2n) is 5.90. The largest absolute Gasteiger partial charge is 0.491 e. The van der Waals surface area contributed by atoms with Gasteiger partial charge in [-0.25, -0.2) is 9.69 Å². The predicted octanol–water partition coefficient (Wildman–Crippen LogP) is 4.07. The zero-order valence-corrected chi connectivity index (χ0v) is 17.0. The number of nitrogens with zero attached hydrogens (tertiary/aromatic N) is 1. The molecule has 1 aliphatic heterocycles. The van der Waals surface area contributed by atoms with E-state index < -0.39 is 17.8 Å². The Labute approximate surface area is 176 Å². The van der Waals surface area contributed by atoms with E-state index in [1.165, 1.54) is 31.4 Å². The van der Waals surface area contributed by atoms with Crippen molar-refractivity contribution in [2.45, 2.75) is 6.92 Å². The Balaban J connectivity index is 2.05. The second-order valence-corrected chi connectivity index (χ2v) is 6.75. The van der Waals surface area contributed by atoms with Crippen molar-refractivity contribution in [2.75, 3.05) is 18.6 Å². The van der Waals surface area contributed by atoms with E-state index in [1.54, 1.807) is 25.1 Å². The molecule has 1 fully saturated rings. The molecule has 0 spiro atoms. The second kappa shape index (κ2) is 8.55. The maximum Gasteiger partial charge on any atom is 0.335 e. The maximum absolute atomic E-state index is 12.9. The molecule has 1 saturated heterocycles. The van der Waals surface area contributed by atoms with E-state index in [0.29, 0.717) is 28.7 Å². The lowest BCUT2D eigenvalue weighted by molar-refractivity contribution is -0.122. The van der Waals surface area contributed by atoms with Crippen LogP contribution in [0.3, 0.4) is 0 Å². The van der Waals surface area contributed by atoms with Crippen molar-refractivity contribution < 1.29 is 23.9 Å². The first-order valence-corrected chi connectivity index (χ1v) is 9.28. The van der Waals surface area contributed by atoms with Crippen LogP contribution in [0.25, 0.3) is 6.08 Å². The third kappa shape index (κ3) is 4.21. The predicted molar refractivity (Wildman–Crippen MR) is 110 cm³/mol. The molecule has 0 aliphatic carbocycles. The van der Waals surface area contributed by atoms with Crippen molar-refractivity contribution in [3.63, 3.8) is 0 Å².